The fourth-order valence-electron chi connectivity index (χ4n) is 1.75. The SMILES string of the molecule is Cc1cc(Br)cc(C=O)c1OCCc1ccsc1. The van der Waals surface area contributed by atoms with Gasteiger partial charge >= 0.3 is 0 Å². The van der Waals surface area contributed by atoms with E-state index in [4.69, 9.17) is 4.74 Å². The molecular formula is C14H13BrO2S. The van der Waals surface area contributed by atoms with Crippen molar-refractivity contribution in [3.05, 3.63) is 50.1 Å². The first-order chi connectivity index (χ1) is 8.70. The van der Waals surface area contributed by atoms with Crippen LogP contribution in [-0.2, 0) is 6.42 Å². The number of carbonyl (C=O) groups excluding carboxylic acids is 1. The van der Waals surface area contributed by atoms with Crippen LogP contribution in [0.3, 0.4) is 0 Å². The summed E-state index contributed by atoms with van der Waals surface area (Å²) >= 11 is 5.06. The van der Waals surface area contributed by atoms with Crippen molar-refractivity contribution >= 4 is 33.6 Å². The third kappa shape index (κ3) is 3.21. The van der Waals surface area contributed by atoms with Crippen LogP contribution in [0.25, 0.3) is 0 Å². The number of hydrogen-bond donors (Lipinski definition) is 0. The largest absolute Gasteiger partial charge is 0.492 e. The summed E-state index contributed by atoms with van der Waals surface area (Å²) in [4.78, 5) is 11.0. The van der Waals surface area contributed by atoms with Crippen molar-refractivity contribution in [2.45, 2.75) is 13.3 Å². The molecule has 0 radical (unpaired) electrons. The van der Waals surface area contributed by atoms with Gasteiger partial charge in [-0.2, -0.15) is 11.3 Å². The van der Waals surface area contributed by atoms with E-state index in [9.17, 15) is 4.79 Å². The molecule has 0 unspecified atom stereocenters. The minimum absolute atomic E-state index is 0.583. The quantitative estimate of drug-likeness (QED) is 0.768. The van der Waals surface area contributed by atoms with Crippen molar-refractivity contribution in [3.63, 3.8) is 0 Å². The molecule has 1 heterocycles. The van der Waals surface area contributed by atoms with Crippen molar-refractivity contribution < 1.29 is 9.53 Å². The molecule has 0 N–H and O–H groups in total. The summed E-state index contributed by atoms with van der Waals surface area (Å²) in [5.41, 5.74) is 2.83. The van der Waals surface area contributed by atoms with Crippen molar-refractivity contribution in [3.8, 4) is 5.75 Å². The third-order valence-electron chi connectivity index (χ3n) is 2.61. The van der Waals surface area contributed by atoms with E-state index in [1.54, 1.807) is 17.4 Å². The summed E-state index contributed by atoms with van der Waals surface area (Å²) < 4.78 is 6.64. The monoisotopic (exact) mass is 324 g/mol. The van der Waals surface area contributed by atoms with Crippen LogP contribution in [-0.4, -0.2) is 12.9 Å². The number of halogens is 1. The topological polar surface area (TPSA) is 26.3 Å². The Morgan fingerprint density at radius 1 is 1.44 bits per heavy atom. The van der Waals surface area contributed by atoms with E-state index in [1.165, 1.54) is 5.56 Å². The van der Waals surface area contributed by atoms with Gasteiger partial charge in [0.15, 0.2) is 6.29 Å². The Kier molecular flexibility index (Phi) is 4.55. The number of carbonyl (C=O) groups is 1. The Bertz CT molecular complexity index is 535. The molecule has 0 fully saturated rings. The molecule has 1 aromatic heterocycles. The van der Waals surface area contributed by atoms with Gasteiger partial charge in [-0.25, -0.2) is 0 Å². The normalized spacial score (nSPS) is 10.3. The second-order valence-corrected chi connectivity index (χ2v) is 5.68. The predicted octanol–water partition coefficient (Wildman–Crippen LogP) is 4.25. The summed E-state index contributed by atoms with van der Waals surface area (Å²) in [6.07, 6.45) is 1.69. The van der Waals surface area contributed by atoms with Crippen LogP contribution in [0.5, 0.6) is 5.75 Å². The molecule has 2 rings (SSSR count). The first-order valence-corrected chi connectivity index (χ1v) is 7.33. The van der Waals surface area contributed by atoms with Gasteiger partial charge in [0.25, 0.3) is 0 Å². The standard InChI is InChI=1S/C14H13BrO2S/c1-10-6-13(15)7-12(8-16)14(10)17-4-2-11-3-5-18-9-11/h3,5-9H,2,4H2,1H3. The number of ether oxygens (including phenoxy) is 1. The molecule has 0 aliphatic heterocycles. The average Bonchev–Trinajstić information content (AvgIpc) is 2.84. The Balaban J connectivity index is 2.06. The van der Waals surface area contributed by atoms with Crippen LogP contribution in [0, 0.1) is 6.92 Å². The fraction of sp³-hybridized carbons (Fsp3) is 0.214. The smallest absolute Gasteiger partial charge is 0.153 e. The van der Waals surface area contributed by atoms with E-state index in [0.717, 1.165) is 22.7 Å². The van der Waals surface area contributed by atoms with Crippen LogP contribution in [0.15, 0.2) is 33.4 Å². The van der Waals surface area contributed by atoms with Crippen LogP contribution < -0.4 is 4.74 Å². The molecule has 2 aromatic rings. The van der Waals surface area contributed by atoms with Crippen molar-refractivity contribution in [2.75, 3.05) is 6.61 Å². The number of benzene rings is 1. The highest BCUT2D eigenvalue weighted by atomic mass is 79.9. The minimum atomic E-state index is 0.583. The lowest BCUT2D eigenvalue weighted by molar-refractivity contribution is 0.111. The van der Waals surface area contributed by atoms with Crippen molar-refractivity contribution in [1.82, 2.24) is 0 Å². The second kappa shape index (κ2) is 6.16. The summed E-state index contributed by atoms with van der Waals surface area (Å²) in [6, 6.07) is 5.82. The zero-order valence-electron chi connectivity index (χ0n) is 9.98. The van der Waals surface area contributed by atoms with E-state index in [1.807, 2.05) is 13.0 Å². The molecule has 94 valence electrons. The first-order valence-electron chi connectivity index (χ1n) is 5.60. The molecule has 0 aliphatic carbocycles. The van der Waals surface area contributed by atoms with Gasteiger partial charge in [0.1, 0.15) is 5.75 Å². The molecule has 0 aliphatic rings. The molecule has 0 amide bonds. The highest BCUT2D eigenvalue weighted by Gasteiger charge is 2.08. The molecule has 18 heavy (non-hydrogen) atoms. The number of rotatable bonds is 5. The van der Waals surface area contributed by atoms with Gasteiger partial charge in [0.2, 0.25) is 0 Å². The lowest BCUT2D eigenvalue weighted by Crippen LogP contribution is -2.04. The molecule has 0 saturated heterocycles. The van der Waals surface area contributed by atoms with Gasteiger partial charge in [-0.3, -0.25) is 4.79 Å². The Labute approximate surface area is 119 Å². The van der Waals surface area contributed by atoms with Crippen LogP contribution in [0.1, 0.15) is 21.5 Å². The number of aryl methyl sites for hydroxylation is 1. The molecule has 2 nitrogen and oxygen atoms in total. The maximum Gasteiger partial charge on any atom is 0.153 e. The van der Waals surface area contributed by atoms with Crippen molar-refractivity contribution in [1.29, 1.82) is 0 Å². The van der Waals surface area contributed by atoms with Gasteiger partial charge in [-0.1, -0.05) is 15.9 Å². The molecule has 4 heteroatoms. The summed E-state index contributed by atoms with van der Waals surface area (Å²) in [7, 11) is 0. The summed E-state index contributed by atoms with van der Waals surface area (Å²) in [5, 5.41) is 4.16. The zero-order valence-corrected chi connectivity index (χ0v) is 12.4. The average molecular weight is 325 g/mol. The highest BCUT2D eigenvalue weighted by molar-refractivity contribution is 9.10. The second-order valence-electron chi connectivity index (χ2n) is 3.99. The predicted molar refractivity (Wildman–Crippen MR) is 77.8 cm³/mol. The minimum Gasteiger partial charge on any atom is -0.492 e. The maximum absolute atomic E-state index is 11.0. The maximum atomic E-state index is 11.0. The Hall–Kier alpha value is -1.13. The van der Waals surface area contributed by atoms with Gasteiger partial charge in [-0.05, 0) is 47.0 Å². The van der Waals surface area contributed by atoms with E-state index < -0.39 is 0 Å². The van der Waals surface area contributed by atoms with Crippen LogP contribution >= 0.6 is 27.3 Å². The molecule has 1 aromatic carbocycles. The lowest BCUT2D eigenvalue weighted by atomic mass is 10.1. The van der Waals surface area contributed by atoms with Crippen LogP contribution in [0.2, 0.25) is 0 Å². The highest BCUT2D eigenvalue weighted by Crippen LogP contribution is 2.27. The number of aldehydes is 1. The zero-order chi connectivity index (χ0) is 13.0. The molecular weight excluding hydrogens is 312 g/mol. The molecule has 0 spiro atoms. The van der Waals surface area contributed by atoms with Gasteiger partial charge < -0.3 is 4.74 Å². The van der Waals surface area contributed by atoms with E-state index in [2.05, 4.69) is 32.8 Å². The molecule has 0 saturated carbocycles. The Morgan fingerprint density at radius 2 is 2.28 bits per heavy atom. The van der Waals surface area contributed by atoms with E-state index in [-0.39, 0.29) is 0 Å². The third-order valence-corrected chi connectivity index (χ3v) is 3.80. The van der Waals surface area contributed by atoms with Crippen molar-refractivity contribution in [2.24, 2.45) is 0 Å². The number of thiophene rings is 1. The Morgan fingerprint density at radius 3 is 2.94 bits per heavy atom. The fourth-order valence-corrected chi connectivity index (χ4v) is 3.04. The molecule has 0 bridgehead atoms. The van der Waals surface area contributed by atoms with E-state index in [0.29, 0.717) is 17.9 Å². The first kappa shape index (κ1) is 13.3. The van der Waals surface area contributed by atoms with E-state index >= 15 is 0 Å². The van der Waals surface area contributed by atoms with Crippen LogP contribution in [0.4, 0.5) is 0 Å². The summed E-state index contributed by atoms with van der Waals surface area (Å²) in [6.45, 7) is 2.53. The number of hydrogen-bond acceptors (Lipinski definition) is 3. The van der Waals surface area contributed by atoms with Gasteiger partial charge in [-0.15, -0.1) is 0 Å². The summed E-state index contributed by atoms with van der Waals surface area (Å²) in [5.74, 6) is 0.684. The molecule has 0 atom stereocenters. The lowest BCUT2D eigenvalue weighted by Gasteiger charge is -2.11. The van der Waals surface area contributed by atoms with Gasteiger partial charge in [0.05, 0.1) is 12.2 Å². The van der Waals surface area contributed by atoms with Gasteiger partial charge in [0, 0.05) is 10.9 Å².